The summed E-state index contributed by atoms with van der Waals surface area (Å²) in [6.07, 6.45) is 7.40. The highest BCUT2D eigenvalue weighted by molar-refractivity contribution is 5.17. The van der Waals surface area contributed by atoms with Gasteiger partial charge < -0.3 is 14.4 Å². The Morgan fingerprint density at radius 3 is 2.82 bits per heavy atom. The third-order valence-corrected chi connectivity index (χ3v) is 4.27. The average molecular weight is 237 g/mol. The zero-order valence-corrected chi connectivity index (χ0v) is 11.0. The maximum Gasteiger partial charge on any atom is 0.100 e. The van der Waals surface area contributed by atoms with Gasteiger partial charge in [-0.1, -0.05) is 19.8 Å². The van der Waals surface area contributed by atoms with Crippen LogP contribution in [-0.4, -0.2) is 29.6 Å². The zero-order chi connectivity index (χ0) is 12.5. The highest BCUT2D eigenvalue weighted by atomic mass is 16.3. The Morgan fingerprint density at radius 1 is 1.53 bits per heavy atom. The number of aliphatic hydroxyl groups excluding tert-OH is 1. The summed E-state index contributed by atoms with van der Waals surface area (Å²) in [4.78, 5) is 2.19. The van der Waals surface area contributed by atoms with E-state index in [1.807, 2.05) is 6.07 Å². The molecule has 1 aliphatic rings. The van der Waals surface area contributed by atoms with Crippen LogP contribution in [0.2, 0.25) is 0 Å². The number of hydrogen-bond acceptors (Lipinski definition) is 3. The number of rotatable bonds is 3. The molecule has 0 radical (unpaired) electrons. The van der Waals surface area contributed by atoms with E-state index < -0.39 is 6.10 Å². The normalized spacial score (nSPS) is 31.7. The smallest absolute Gasteiger partial charge is 0.100 e. The van der Waals surface area contributed by atoms with Gasteiger partial charge >= 0.3 is 0 Å². The molecule has 0 spiro atoms. The quantitative estimate of drug-likeness (QED) is 0.878. The minimum Gasteiger partial charge on any atom is -0.472 e. The van der Waals surface area contributed by atoms with Crippen LogP contribution in [0.3, 0.4) is 0 Å². The van der Waals surface area contributed by atoms with Gasteiger partial charge in [0.2, 0.25) is 0 Å². The van der Waals surface area contributed by atoms with E-state index in [9.17, 15) is 5.11 Å². The van der Waals surface area contributed by atoms with Gasteiger partial charge in [0.15, 0.2) is 0 Å². The van der Waals surface area contributed by atoms with Crippen molar-refractivity contribution in [1.82, 2.24) is 4.90 Å². The van der Waals surface area contributed by atoms with Crippen LogP contribution in [0.5, 0.6) is 0 Å². The van der Waals surface area contributed by atoms with Crippen LogP contribution in [-0.2, 0) is 0 Å². The predicted octanol–water partition coefficient (Wildman–Crippen LogP) is 2.82. The van der Waals surface area contributed by atoms with Gasteiger partial charge in [-0.2, -0.15) is 0 Å². The monoisotopic (exact) mass is 237 g/mol. The molecule has 1 aliphatic carbocycles. The third kappa shape index (κ3) is 2.26. The van der Waals surface area contributed by atoms with Crippen LogP contribution in [0.25, 0.3) is 0 Å². The Balaban J connectivity index is 2.27. The number of aliphatic hydroxyl groups is 1. The van der Waals surface area contributed by atoms with Gasteiger partial charge in [0.1, 0.15) is 6.10 Å². The molecule has 1 heterocycles. The Kier molecular flexibility index (Phi) is 3.59. The summed E-state index contributed by atoms with van der Waals surface area (Å²) in [5.74, 6) is 0.674. The Labute approximate surface area is 103 Å². The van der Waals surface area contributed by atoms with E-state index in [1.165, 1.54) is 12.8 Å². The minimum absolute atomic E-state index is 0.137. The summed E-state index contributed by atoms with van der Waals surface area (Å²) in [5.41, 5.74) is 0.759. The summed E-state index contributed by atoms with van der Waals surface area (Å²) in [5, 5.41) is 10.7. The van der Waals surface area contributed by atoms with E-state index in [1.54, 1.807) is 12.5 Å². The maximum atomic E-state index is 10.7. The molecule has 17 heavy (non-hydrogen) atoms. The summed E-state index contributed by atoms with van der Waals surface area (Å²) < 4.78 is 5.10. The fourth-order valence-corrected chi connectivity index (χ4v) is 3.20. The molecule has 1 N–H and O–H groups in total. The predicted molar refractivity (Wildman–Crippen MR) is 67.7 cm³/mol. The van der Waals surface area contributed by atoms with Crippen molar-refractivity contribution in [1.29, 1.82) is 0 Å². The second-order valence-electron chi connectivity index (χ2n) is 5.66. The standard InChI is InChI=1S/C14H23NO2/c1-11-5-4-7-14(9-11,15(2)3)13(16)12-6-8-17-10-12/h6,8,10-11,13,16H,4-5,7,9H2,1-3H3. The van der Waals surface area contributed by atoms with Crippen LogP contribution in [0.4, 0.5) is 0 Å². The average Bonchev–Trinajstić information content (AvgIpc) is 2.81. The lowest BCUT2D eigenvalue weighted by atomic mass is 9.71. The van der Waals surface area contributed by atoms with Crippen LogP contribution in [0.15, 0.2) is 23.0 Å². The van der Waals surface area contributed by atoms with Crippen molar-refractivity contribution in [2.45, 2.75) is 44.2 Å². The summed E-state index contributed by atoms with van der Waals surface area (Å²) in [7, 11) is 4.14. The van der Waals surface area contributed by atoms with Gasteiger partial charge in [-0.15, -0.1) is 0 Å². The second kappa shape index (κ2) is 4.83. The molecule has 1 aromatic rings. The molecule has 3 nitrogen and oxygen atoms in total. The first-order valence-electron chi connectivity index (χ1n) is 6.44. The number of furan rings is 1. The topological polar surface area (TPSA) is 36.6 Å². The van der Waals surface area contributed by atoms with Crippen molar-refractivity contribution in [3.8, 4) is 0 Å². The van der Waals surface area contributed by atoms with Gasteiger partial charge in [0.05, 0.1) is 18.1 Å². The molecule has 0 aliphatic heterocycles. The Morgan fingerprint density at radius 2 is 2.29 bits per heavy atom. The molecule has 1 saturated carbocycles. The van der Waals surface area contributed by atoms with Crippen molar-refractivity contribution in [2.24, 2.45) is 5.92 Å². The lowest BCUT2D eigenvalue weighted by Crippen LogP contribution is -2.52. The van der Waals surface area contributed by atoms with Crippen molar-refractivity contribution >= 4 is 0 Å². The van der Waals surface area contributed by atoms with Crippen LogP contribution >= 0.6 is 0 Å². The number of nitrogens with zero attached hydrogens (tertiary/aromatic N) is 1. The summed E-state index contributed by atoms with van der Waals surface area (Å²) >= 11 is 0. The Hall–Kier alpha value is -0.800. The van der Waals surface area contributed by atoms with Gasteiger partial charge in [0.25, 0.3) is 0 Å². The molecule has 96 valence electrons. The van der Waals surface area contributed by atoms with E-state index in [0.717, 1.165) is 18.4 Å². The van der Waals surface area contributed by atoms with Crippen molar-refractivity contribution < 1.29 is 9.52 Å². The first-order chi connectivity index (χ1) is 8.06. The van der Waals surface area contributed by atoms with Crippen LogP contribution in [0, 0.1) is 5.92 Å². The molecule has 3 heteroatoms. The van der Waals surface area contributed by atoms with Crippen molar-refractivity contribution in [2.75, 3.05) is 14.1 Å². The molecule has 2 rings (SSSR count). The van der Waals surface area contributed by atoms with E-state index in [4.69, 9.17) is 4.42 Å². The minimum atomic E-state index is -0.459. The molecular formula is C14H23NO2. The molecule has 3 unspecified atom stereocenters. The Bertz CT molecular complexity index is 347. The van der Waals surface area contributed by atoms with Crippen LogP contribution < -0.4 is 0 Å². The highest BCUT2D eigenvalue weighted by Crippen LogP contribution is 2.43. The summed E-state index contributed by atoms with van der Waals surface area (Å²) in [6, 6.07) is 1.87. The maximum absolute atomic E-state index is 10.7. The molecule has 3 atom stereocenters. The lowest BCUT2D eigenvalue weighted by Gasteiger charge is -2.48. The number of likely N-dealkylation sites (N-methyl/N-ethyl adjacent to an activating group) is 1. The first kappa shape index (κ1) is 12.7. The molecule has 0 saturated heterocycles. The largest absolute Gasteiger partial charge is 0.472 e. The van der Waals surface area contributed by atoms with E-state index >= 15 is 0 Å². The zero-order valence-electron chi connectivity index (χ0n) is 11.0. The molecule has 0 bridgehead atoms. The van der Waals surface area contributed by atoms with Gasteiger partial charge in [0, 0.05) is 5.56 Å². The lowest BCUT2D eigenvalue weighted by molar-refractivity contribution is -0.0453. The van der Waals surface area contributed by atoms with Crippen molar-refractivity contribution in [3.05, 3.63) is 24.2 Å². The highest BCUT2D eigenvalue weighted by Gasteiger charge is 2.43. The fraction of sp³-hybridized carbons (Fsp3) is 0.714. The van der Waals surface area contributed by atoms with Gasteiger partial charge in [-0.3, -0.25) is 0 Å². The van der Waals surface area contributed by atoms with Gasteiger partial charge in [-0.25, -0.2) is 0 Å². The molecule has 1 aromatic heterocycles. The molecule has 1 fully saturated rings. The first-order valence-corrected chi connectivity index (χ1v) is 6.44. The van der Waals surface area contributed by atoms with E-state index in [-0.39, 0.29) is 5.54 Å². The summed E-state index contributed by atoms with van der Waals surface area (Å²) in [6.45, 7) is 2.28. The fourth-order valence-electron chi connectivity index (χ4n) is 3.20. The van der Waals surface area contributed by atoms with Crippen LogP contribution in [0.1, 0.15) is 44.3 Å². The second-order valence-corrected chi connectivity index (χ2v) is 5.66. The van der Waals surface area contributed by atoms with Gasteiger partial charge in [-0.05, 0) is 38.9 Å². The van der Waals surface area contributed by atoms with E-state index in [0.29, 0.717) is 5.92 Å². The number of hydrogen-bond donors (Lipinski definition) is 1. The van der Waals surface area contributed by atoms with E-state index in [2.05, 4.69) is 25.9 Å². The molecule has 0 aromatic carbocycles. The SMILES string of the molecule is CC1CCCC(C(O)c2ccoc2)(N(C)C)C1. The molecular weight excluding hydrogens is 214 g/mol. The van der Waals surface area contributed by atoms with Crippen molar-refractivity contribution in [3.63, 3.8) is 0 Å². The third-order valence-electron chi connectivity index (χ3n) is 4.27. The molecule has 0 amide bonds.